The van der Waals surface area contributed by atoms with Gasteiger partial charge in [0.05, 0.1) is 11.3 Å². The number of amides is 1. The third-order valence-corrected chi connectivity index (χ3v) is 5.05. The Morgan fingerprint density at radius 1 is 1.23 bits per heavy atom. The van der Waals surface area contributed by atoms with Gasteiger partial charge in [-0.05, 0) is 38.5 Å². The Balaban J connectivity index is 1.82. The van der Waals surface area contributed by atoms with Crippen molar-refractivity contribution in [1.82, 2.24) is 9.72 Å². The quantitative estimate of drug-likeness (QED) is 0.599. The number of carbonyl (C=O) groups is 2. The SMILES string of the molecule is Cc1noc(C(C)C)c1C(=O)OCC(=O)Nc1c(C#N)c(C)c(C)n1-c1ccccc1. The highest BCUT2D eigenvalue weighted by molar-refractivity contribution is 5.97. The third-order valence-electron chi connectivity index (χ3n) is 5.05. The highest BCUT2D eigenvalue weighted by Gasteiger charge is 2.25. The molecule has 1 amide bonds. The Bertz CT molecular complexity index is 1170. The van der Waals surface area contributed by atoms with Crippen molar-refractivity contribution in [1.29, 1.82) is 5.26 Å². The average molecular weight is 420 g/mol. The Hall–Kier alpha value is -3.86. The summed E-state index contributed by atoms with van der Waals surface area (Å²) in [5, 5.41) is 16.2. The van der Waals surface area contributed by atoms with Gasteiger partial charge in [-0.3, -0.25) is 9.36 Å². The van der Waals surface area contributed by atoms with E-state index in [9.17, 15) is 14.9 Å². The van der Waals surface area contributed by atoms with Gasteiger partial charge in [-0.1, -0.05) is 37.2 Å². The number of rotatable bonds is 6. The highest BCUT2D eigenvalue weighted by Crippen LogP contribution is 2.30. The molecule has 0 bridgehead atoms. The highest BCUT2D eigenvalue weighted by atomic mass is 16.5. The molecular formula is C23H24N4O4. The largest absolute Gasteiger partial charge is 0.452 e. The second kappa shape index (κ2) is 8.88. The molecule has 3 aromatic rings. The standard InChI is InChI=1S/C23H24N4O4/c1-13(2)21-20(15(4)26-31-21)23(29)30-12-19(28)25-22-18(11-24)14(3)16(5)27(22)17-9-7-6-8-10-17/h6-10,13H,12H2,1-5H3,(H,25,28). The molecular weight excluding hydrogens is 396 g/mol. The van der Waals surface area contributed by atoms with Crippen LogP contribution in [0.15, 0.2) is 34.9 Å². The number of nitrogens with zero attached hydrogens (tertiary/aromatic N) is 3. The van der Waals surface area contributed by atoms with Gasteiger partial charge in [-0.15, -0.1) is 0 Å². The predicted molar refractivity (Wildman–Crippen MR) is 114 cm³/mol. The van der Waals surface area contributed by atoms with E-state index >= 15 is 0 Å². The molecule has 0 saturated carbocycles. The fourth-order valence-corrected chi connectivity index (χ4v) is 3.36. The van der Waals surface area contributed by atoms with E-state index in [-0.39, 0.29) is 11.5 Å². The van der Waals surface area contributed by atoms with Crippen LogP contribution in [-0.2, 0) is 9.53 Å². The number of benzene rings is 1. The van der Waals surface area contributed by atoms with Gasteiger partial charge < -0.3 is 14.6 Å². The van der Waals surface area contributed by atoms with Crippen LogP contribution in [0.25, 0.3) is 5.69 Å². The van der Waals surface area contributed by atoms with Crippen LogP contribution in [-0.4, -0.2) is 28.2 Å². The van der Waals surface area contributed by atoms with Gasteiger partial charge in [0, 0.05) is 17.3 Å². The van der Waals surface area contributed by atoms with Crippen molar-refractivity contribution in [2.75, 3.05) is 11.9 Å². The van der Waals surface area contributed by atoms with Crippen LogP contribution in [0.5, 0.6) is 0 Å². The molecule has 0 aliphatic heterocycles. The number of esters is 1. The van der Waals surface area contributed by atoms with Crippen LogP contribution in [0.1, 0.15) is 58.4 Å². The molecule has 0 aliphatic carbocycles. The van der Waals surface area contributed by atoms with Gasteiger partial charge in [-0.25, -0.2) is 4.79 Å². The number of aromatic nitrogens is 2. The molecule has 31 heavy (non-hydrogen) atoms. The normalized spacial score (nSPS) is 10.7. The summed E-state index contributed by atoms with van der Waals surface area (Å²) in [4.78, 5) is 25.1. The molecule has 1 N–H and O–H groups in total. The maximum absolute atomic E-state index is 12.6. The Kier molecular flexibility index (Phi) is 6.25. The van der Waals surface area contributed by atoms with E-state index < -0.39 is 18.5 Å². The van der Waals surface area contributed by atoms with Gasteiger partial charge in [0.25, 0.3) is 5.91 Å². The lowest BCUT2D eigenvalue weighted by molar-refractivity contribution is -0.119. The molecule has 0 atom stereocenters. The maximum Gasteiger partial charge on any atom is 0.344 e. The van der Waals surface area contributed by atoms with Crippen molar-refractivity contribution in [3.8, 4) is 11.8 Å². The number of nitriles is 1. The molecule has 2 aromatic heterocycles. The molecule has 3 rings (SSSR count). The average Bonchev–Trinajstić information content (AvgIpc) is 3.24. The van der Waals surface area contributed by atoms with Gasteiger partial charge in [0.1, 0.15) is 17.5 Å². The second-order valence-electron chi connectivity index (χ2n) is 7.50. The summed E-state index contributed by atoms with van der Waals surface area (Å²) in [6.07, 6.45) is 0. The Morgan fingerprint density at radius 2 is 1.90 bits per heavy atom. The summed E-state index contributed by atoms with van der Waals surface area (Å²) < 4.78 is 12.2. The summed E-state index contributed by atoms with van der Waals surface area (Å²) >= 11 is 0. The van der Waals surface area contributed by atoms with E-state index in [1.807, 2.05) is 58.0 Å². The summed E-state index contributed by atoms with van der Waals surface area (Å²) in [5.41, 5.74) is 3.40. The van der Waals surface area contributed by atoms with Crippen molar-refractivity contribution in [2.24, 2.45) is 0 Å². The maximum atomic E-state index is 12.6. The molecule has 160 valence electrons. The van der Waals surface area contributed by atoms with Crippen LogP contribution in [0, 0.1) is 32.1 Å². The zero-order valence-electron chi connectivity index (χ0n) is 18.1. The fourth-order valence-electron chi connectivity index (χ4n) is 3.36. The van der Waals surface area contributed by atoms with Gasteiger partial charge in [0.15, 0.2) is 12.4 Å². The second-order valence-corrected chi connectivity index (χ2v) is 7.50. The first-order chi connectivity index (χ1) is 14.8. The minimum atomic E-state index is -0.677. The summed E-state index contributed by atoms with van der Waals surface area (Å²) in [6, 6.07) is 11.5. The van der Waals surface area contributed by atoms with Crippen LogP contribution >= 0.6 is 0 Å². The number of ether oxygens (including phenoxy) is 1. The molecule has 1 aromatic carbocycles. The van der Waals surface area contributed by atoms with E-state index in [0.717, 1.165) is 16.9 Å². The molecule has 8 heteroatoms. The summed E-state index contributed by atoms with van der Waals surface area (Å²) in [6.45, 7) is 8.57. The minimum Gasteiger partial charge on any atom is -0.452 e. The van der Waals surface area contributed by atoms with E-state index in [2.05, 4.69) is 16.5 Å². The monoisotopic (exact) mass is 420 g/mol. The number of hydrogen-bond donors (Lipinski definition) is 1. The number of hydrogen-bond acceptors (Lipinski definition) is 6. The summed E-state index contributed by atoms with van der Waals surface area (Å²) in [7, 11) is 0. The topological polar surface area (TPSA) is 110 Å². The molecule has 0 radical (unpaired) electrons. The zero-order valence-corrected chi connectivity index (χ0v) is 18.1. The van der Waals surface area contributed by atoms with Crippen LogP contribution in [0.3, 0.4) is 0 Å². The van der Waals surface area contributed by atoms with E-state index in [1.165, 1.54) is 0 Å². The minimum absolute atomic E-state index is 0.0594. The number of nitrogens with one attached hydrogen (secondary N) is 1. The number of anilines is 1. The van der Waals surface area contributed by atoms with Gasteiger partial charge in [0.2, 0.25) is 0 Å². The Morgan fingerprint density at radius 3 is 2.52 bits per heavy atom. The Labute approximate surface area is 180 Å². The molecule has 0 aliphatic rings. The fraction of sp³-hybridized carbons (Fsp3) is 0.304. The van der Waals surface area contributed by atoms with Crippen LogP contribution in [0.4, 0.5) is 5.82 Å². The molecule has 0 fully saturated rings. The lowest BCUT2D eigenvalue weighted by Gasteiger charge is -2.13. The molecule has 0 saturated heterocycles. The van der Waals surface area contributed by atoms with E-state index in [0.29, 0.717) is 22.8 Å². The number of carbonyl (C=O) groups excluding carboxylic acids is 2. The first-order valence-electron chi connectivity index (χ1n) is 9.86. The van der Waals surface area contributed by atoms with E-state index in [1.54, 1.807) is 11.5 Å². The van der Waals surface area contributed by atoms with Crippen LogP contribution in [0.2, 0.25) is 0 Å². The van der Waals surface area contributed by atoms with Crippen molar-refractivity contribution in [3.63, 3.8) is 0 Å². The molecule has 0 unspecified atom stereocenters. The van der Waals surface area contributed by atoms with Gasteiger partial charge in [-0.2, -0.15) is 5.26 Å². The lowest BCUT2D eigenvalue weighted by Crippen LogP contribution is -2.23. The van der Waals surface area contributed by atoms with E-state index in [4.69, 9.17) is 9.26 Å². The van der Waals surface area contributed by atoms with Crippen molar-refractivity contribution in [2.45, 2.75) is 40.5 Å². The lowest BCUT2D eigenvalue weighted by atomic mass is 10.1. The molecule has 0 spiro atoms. The van der Waals surface area contributed by atoms with Crippen molar-refractivity contribution < 1.29 is 18.8 Å². The first-order valence-corrected chi connectivity index (χ1v) is 9.86. The molecule has 8 nitrogen and oxygen atoms in total. The predicted octanol–water partition coefficient (Wildman–Crippen LogP) is 4.18. The van der Waals surface area contributed by atoms with Gasteiger partial charge >= 0.3 is 5.97 Å². The van der Waals surface area contributed by atoms with Crippen LogP contribution < -0.4 is 5.32 Å². The molecule has 2 heterocycles. The smallest absolute Gasteiger partial charge is 0.344 e. The third kappa shape index (κ3) is 4.21. The zero-order chi connectivity index (χ0) is 22.7. The summed E-state index contributed by atoms with van der Waals surface area (Å²) in [5.74, 6) is -0.535. The number of aryl methyl sites for hydroxylation is 1. The van der Waals surface area contributed by atoms with Crippen molar-refractivity contribution >= 4 is 17.7 Å². The first kappa shape index (κ1) is 21.8. The van der Waals surface area contributed by atoms with Crippen molar-refractivity contribution in [3.05, 3.63) is 64.2 Å². The number of para-hydroxylation sites is 1.